The van der Waals surface area contributed by atoms with Crippen LogP contribution in [0.3, 0.4) is 0 Å². The second-order valence-corrected chi connectivity index (χ2v) is 1.84. The van der Waals surface area contributed by atoms with Crippen LogP contribution in [0.1, 0.15) is 13.3 Å². The first kappa shape index (κ1) is 8.59. The molecule has 0 radical (unpaired) electrons. The van der Waals surface area contributed by atoms with Gasteiger partial charge in [0.05, 0.1) is 12.5 Å². The van der Waals surface area contributed by atoms with E-state index in [0.29, 0.717) is 0 Å². The Morgan fingerprint density at radius 2 is 2.30 bits per heavy atom. The smallest absolute Gasteiger partial charge is 0.232 e. The van der Waals surface area contributed by atoms with Gasteiger partial charge in [-0.15, -0.1) is 12.8 Å². The average molecular weight is 135 g/mol. The molecular weight excluding hydrogens is 126 g/mol. The molecule has 0 aliphatic rings. The molecule has 0 spiro atoms. The Morgan fingerprint density at radius 3 is 2.70 bits per heavy atom. The van der Waals surface area contributed by atoms with E-state index >= 15 is 0 Å². The number of hydrogen-bond donors (Lipinski definition) is 1. The second kappa shape index (κ2) is 4.47. The van der Waals surface area contributed by atoms with Gasteiger partial charge in [0.2, 0.25) is 5.91 Å². The molecule has 0 heterocycles. The lowest BCUT2D eigenvalue weighted by molar-refractivity contribution is -0.120. The molecule has 2 nitrogen and oxygen atoms in total. The predicted octanol–water partition coefficient (Wildman–Crippen LogP) is 0.148. The minimum Gasteiger partial charge on any atom is -0.342 e. The minimum absolute atomic E-state index is 0.0893. The molecule has 0 rings (SSSR count). The van der Waals surface area contributed by atoms with Crippen molar-refractivity contribution in [1.82, 2.24) is 5.32 Å². The quantitative estimate of drug-likeness (QED) is 0.536. The van der Waals surface area contributed by atoms with Crippen LogP contribution in [0, 0.1) is 24.7 Å². The highest BCUT2D eigenvalue weighted by atomic mass is 16.1. The summed E-state index contributed by atoms with van der Waals surface area (Å²) in [5, 5.41) is 2.51. The Morgan fingerprint density at radius 1 is 1.70 bits per heavy atom. The van der Waals surface area contributed by atoms with Crippen molar-refractivity contribution < 1.29 is 4.79 Å². The van der Waals surface area contributed by atoms with Gasteiger partial charge in [-0.3, -0.25) is 4.79 Å². The van der Waals surface area contributed by atoms with Gasteiger partial charge < -0.3 is 5.32 Å². The fourth-order valence-corrected chi connectivity index (χ4v) is 0.427. The van der Waals surface area contributed by atoms with Crippen LogP contribution in [0.5, 0.6) is 0 Å². The van der Waals surface area contributed by atoms with Gasteiger partial charge in [0, 0.05) is 0 Å². The first-order valence-corrected chi connectivity index (χ1v) is 2.89. The maximum Gasteiger partial charge on any atom is 0.232 e. The molecule has 1 unspecified atom stereocenters. The molecule has 0 fully saturated rings. The number of rotatable bonds is 2. The monoisotopic (exact) mass is 135 g/mol. The summed E-state index contributed by atoms with van der Waals surface area (Å²) in [5.74, 6) is 4.37. The Kier molecular flexibility index (Phi) is 3.84. The van der Waals surface area contributed by atoms with Crippen LogP contribution in [-0.4, -0.2) is 11.9 Å². The summed E-state index contributed by atoms with van der Waals surface area (Å²) >= 11 is 0. The largest absolute Gasteiger partial charge is 0.342 e. The molecule has 1 atom stereocenters. The molecule has 52 valence electrons. The van der Waals surface area contributed by atoms with Crippen molar-refractivity contribution in [2.75, 3.05) is 0 Å². The molecule has 0 saturated carbocycles. The number of amides is 1. The molecule has 0 aromatic heterocycles. The second-order valence-electron chi connectivity index (χ2n) is 1.84. The summed E-state index contributed by atoms with van der Waals surface area (Å²) in [6, 6.07) is -0.235. The van der Waals surface area contributed by atoms with Gasteiger partial charge in [-0.1, -0.05) is 11.8 Å². The van der Waals surface area contributed by atoms with Crippen molar-refractivity contribution in [2.24, 2.45) is 0 Å². The average Bonchev–Trinajstić information content (AvgIpc) is 1.88. The first-order chi connectivity index (χ1) is 4.70. The summed E-state index contributed by atoms with van der Waals surface area (Å²) in [6.07, 6.45) is 9.97. The third-order valence-electron chi connectivity index (χ3n) is 0.890. The van der Waals surface area contributed by atoms with Crippen LogP contribution >= 0.6 is 0 Å². The van der Waals surface area contributed by atoms with Crippen LogP contribution in [0.15, 0.2) is 0 Å². The Balaban J connectivity index is 3.63. The zero-order valence-corrected chi connectivity index (χ0v) is 5.85. The highest BCUT2D eigenvalue weighted by Crippen LogP contribution is 1.80. The van der Waals surface area contributed by atoms with Crippen molar-refractivity contribution in [1.29, 1.82) is 0 Å². The molecule has 0 aromatic carbocycles. The lowest BCUT2D eigenvalue weighted by Gasteiger charge is -2.03. The highest BCUT2D eigenvalue weighted by molar-refractivity contribution is 5.78. The van der Waals surface area contributed by atoms with E-state index in [1.54, 1.807) is 6.92 Å². The summed E-state index contributed by atoms with van der Waals surface area (Å²) in [5.41, 5.74) is 0. The van der Waals surface area contributed by atoms with Crippen LogP contribution in [-0.2, 0) is 4.79 Å². The number of hydrogen-bond acceptors (Lipinski definition) is 1. The molecule has 0 bridgehead atoms. The molecule has 0 aromatic rings. The van der Waals surface area contributed by atoms with E-state index < -0.39 is 0 Å². The topological polar surface area (TPSA) is 29.1 Å². The molecule has 10 heavy (non-hydrogen) atoms. The lowest BCUT2D eigenvalue weighted by atomic mass is 10.3. The van der Waals surface area contributed by atoms with E-state index in [4.69, 9.17) is 12.8 Å². The van der Waals surface area contributed by atoms with Crippen LogP contribution in [0.4, 0.5) is 0 Å². The maximum atomic E-state index is 10.7. The number of terminal acetylenes is 2. The zero-order valence-electron chi connectivity index (χ0n) is 5.85. The SMILES string of the molecule is C#CCC(=O)NC(C)C#C. The van der Waals surface area contributed by atoms with Gasteiger partial charge >= 0.3 is 0 Å². The molecule has 0 saturated heterocycles. The molecule has 1 amide bonds. The van der Waals surface area contributed by atoms with Crippen molar-refractivity contribution >= 4 is 5.91 Å². The van der Waals surface area contributed by atoms with E-state index in [-0.39, 0.29) is 18.4 Å². The summed E-state index contributed by atoms with van der Waals surface area (Å²) in [6.45, 7) is 1.72. The molecule has 0 aliphatic heterocycles. The van der Waals surface area contributed by atoms with Gasteiger partial charge in [0.25, 0.3) is 0 Å². The third-order valence-corrected chi connectivity index (χ3v) is 0.890. The Hall–Kier alpha value is -1.41. The van der Waals surface area contributed by atoms with Gasteiger partial charge in [-0.25, -0.2) is 0 Å². The van der Waals surface area contributed by atoms with Crippen LogP contribution in [0.25, 0.3) is 0 Å². The molecule has 0 aliphatic carbocycles. The summed E-state index contributed by atoms with van der Waals surface area (Å²) in [4.78, 5) is 10.7. The Bertz CT molecular complexity index is 194. The standard InChI is InChI=1S/C8H9NO/c1-4-6-8(10)9-7(3)5-2/h1-2,7H,6H2,3H3,(H,9,10). The van der Waals surface area contributed by atoms with Gasteiger partial charge in [-0.2, -0.15) is 0 Å². The van der Waals surface area contributed by atoms with Gasteiger partial charge in [-0.05, 0) is 6.92 Å². The number of carbonyl (C=O) groups is 1. The van der Waals surface area contributed by atoms with Crippen molar-refractivity contribution in [3.05, 3.63) is 0 Å². The fourth-order valence-electron chi connectivity index (χ4n) is 0.427. The van der Waals surface area contributed by atoms with Crippen LogP contribution in [0.2, 0.25) is 0 Å². The predicted molar refractivity (Wildman–Crippen MR) is 39.9 cm³/mol. The van der Waals surface area contributed by atoms with E-state index in [1.807, 2.05) is 0 Å². The van der Waals surface area contributed by atoms with E-state index in [2.05, 4.69) is 17.2 Å². The van der Waals surface area contributed by atoms with Crippen LogP contribution < -0.4 is 5.32 Å². The van der Waals surface area contributed by atoms with Crippen molar-refractivity contribution in [3.8, 4) is 24.7 Å². The normalized spacial score (nSPS) is 10.7. The molecular formula is C8H9NO. The minimum atomic E-state index is -0.235. The molecule has 1 N–H and O–H groups in total. The summed E-state index contributed by atoms with van der Waals surface area (Å²) in [7, 11) is 0. The lowest BCUT2D eigenvalue weighted by Crippen LogP contribution is -2.30. The van der Waals surface area contributed by atoms with E-state index in [0.717, 1.165) is 0 Å². The maximum absolute atomic E-state index is 10.7. The number of carbonyl (C=O) groups excluding carboxylic acids is 1. The number of nitrogens with one attached hydrogen (secondary N) is 1. The molecule has 2 heteroatoms. The fraction of sp³-hybridized carbons (Fsp3) is 0.375. The summed E-state index contributed by atoms with van der Waals surface area (Å²) < 4.78 is 0. The third kappa shape index (κ3) is 3.57. The van der Waals surface area contributed by atoms with Crippen molar-refractivity contribution in [3.63, 3.8) is 0 Å². The van der Waals surface area contributed by atoms with E-state index in [1.165, 1.54) is 0 Å². The highest BCUT2D eigenvalue weighted by Gasteiger charge is 2.00. The van der Waals surface area contributed by atoms with E-state index in [9.17, 15) is 4.79 Å². The zero-order chi connectivity index (χ0) is 7.98. The first-order valence-electron chi connectivity index (χ1n) is 2.89. The van der Waals surface area contributed by atoms with Gasteiger partial charge in [0.1, 0.15) is 0 Å². The Labute approximate surface area is 61.0 Å². The van der Waals surface area contributed by atoms with Crippen molar-refractivity contribution in [2.45, 2.75) is 19.4 Å². The van der Waals surface area contributed by atoms with Gasteiger partial charge in [0.15, 0.2) is 0 Å².